The van der Waals surface area contributed by atoms with Gasteiger partial charge in [-0.3, -0.25) is 0 Å². The molecule has 2 aliphatic carbocycles. The van der Waals surface area contributed by atoms with Crippen LogP contribution >= 0.6 is 0 Å². The fraction of sp³-hybridized carbons (Fsp3) is 0.156. The summed E-state index contributed by atoms with van der Waals surface area (Å²) in [5.41, 5.74) is 19.9. The maximum atomic E-state index is 2.48. The molecule has 66 heavy (non-hydrogen) atoms. The first-order chi connectivity index (χ1) is 32.4. The van der Waals surface area contributed by atoms with Crippen LogP contribution < -0.4 is 9.80 Å². The molecule has 0 aliphatic heterocycles. The van der Waals surface area contributed by atoms with Crippen molar-refractivity contribution in [3.63, 3.8) is 0 Å². The SMILES string of the molecule is CC1CCCCC1(c1ccc(N(c2ccccc2)c2ccc3c(c2)C(C)(C)c2cccc(-c4ccccc4)c2-3)cc1)c1ccc(N(c2ccccc2)c2ccccc2-c2ccccc2)cc1. The van der Waals surface area contributed by atoms with E-state index >= 15 is 0 Å². The molecule has 322 valence electrons. The van der Waals surface area contributed by atoms with Gasteiger partial charge in [0.15, 0.2) is 0 Å². The lowest BCUT2D eigenvalue weighted by atomic mass is 9.60. The molecule has 2 atom stereocenters. The third-order valence-corrected chi connectivity index (χ3v) is 14.9. The number of hydrogen-bond acceptors (Lipinski definition) is 2. The summed E-state index contributed by atoms with van der Waals surface area (Å²) in [6.45, 7) is 7.26. The Morgan fingerprint density at radius 1 is 0.394 bits per heavy atom. The highest BCUT2D eigenvalue weighted by molar-refractivity contribution is 5.94. The molecule has 9 aromatic rings. The monoisotopic (exact) mass is 852 g/mol. The Morgan fingerprint density at radius 3 is 1.48 bits per heavy atom. The van der Waals surface area contributed by atoms with Crippen LogP contribution in [0.1, 0.15) is 68.7 Å². The van der Waals surface area contributed by atoms with E-state index in [4.69, 9.17) is 0 Å². The Kier molecular flexibility index (Phi) is 10.7. The van der Waals surface area contributed by atoms with Crippen molar-refractivity contribution in [3.8, 4) is 33.4 Å². The van der Waals surface area contributed by atoms with E-state index in [1.807, 2.05) is 0 Å². The van der Waals surface area contributed by atoms with Crippen LogP contribution in [0, 0.1) is 5.92 Å². The largest absolute Gasteiger partial charge is 0.310 e. The van der Waals surface area contributed by atoms with Gasteiger partial charge in [-0.1, -0.05) is 197 Å². The maximum absolute atomic E-state index is 2.48. The van der Waals surface area contributed by atoms with E-state index in [2.05, 4.69) is 261 Å². The van der Waals surface area contributed by atoms with Gasteiger partial charge in [-0.15, -0.1) is 0 Å². The van der Waals surface area contributed by atoms with Crippen LogP contribution in [0.2, 0.25) is 0 Å². The third kappa shape index (κ3) is 7.13. The van der Waals surface area contributed by atoms with Crippen LogP contribution in [0.3, 0.4) is 0 Å². The lowest BCUT2D eigenvalue weighted by Gasteiger charge is -2.44. The minimum Gasteiger partial charge on any atom is -0.310 e. The molecule has 0 aromatic heterocycles. The van der Waals surface area contributed by atoms with Crippen LogP contribution in [-0.4, -0.2) is 0 Å². The summed E-state index contributed by atoms with van der Waals surface area (Å²) in [4.78, 5) is 4.86. The minimum atomic E-state index is -0.153. The molecular formula is C64H56N2. The summed E-state index contributed by atoms with van der Waals surface area (Å²) in [5.74, 6) is 0.485. The summed E-state index contributed by atoms with van der Waals surface area (Å²) in [6.07, 6.45) is 4.81. The molecule has 1 fully saturated rings. The Hall–Kier alpha value is -7.42. The molecule has 0 amide bonds. The van der Waals surface area contributed by atoms with Gasteiger partial charge >= 0.3 is 0 Å². The van der Waals surface area contributed by atoms with Gasteiger partial charge in [0.05, 0.1) is 5.69 Å². The van der Waals surface area contributed by atoms with E-state index in [0.717, 1.165) is 34.9 Å². The van der Waals surface area contributed by atoms with Gasteiger partial charge in [-0.05, 0) is 136 Å². The second kappa shape index (κ2) is 17.2. The molecule has 2 nitrogen and oxygen atoms in total. The topological polar surface area (TPSA) is 6.48 Å². The van der Waals surface area contributed by atoms with Crippen molar-refractivity contribution in [1.82, 2.24) is 0 Å². The predicted octanol–water partition coefficient (Wildman–Crippen LogP) is 17.8. The van der Waals surface area contributed by atoms with Gasteiger partial charge in [-0.2, -0.15) is 0 Å². The molecule has 0 spiro atoms. The minimum absolute atomic E-state index is 0.105. The standard InChI is InChI=1S/C64H56N2/c1-46-21-18-19-44-64(46,50-36-40-54(41-37-50)66(52-28-14-7-15-29-52)61-33-17-16-30-56(61)47-22-8-4-9-23-47)49-34-38-53(39-35-49)65(51-26-12-6-13-27-51)55-42-43-58-60(45-55)63(2,3)59-32-20-31-57(62(58)59)48-24-10-5-11-25-48/h4-17,20,22-43,45-46H,18-19,21,44H2,1-3H3. The number of rotatable bonds is 10. The third-order valence-electron chi connectivity index (χ3n) is 14.9. The number of benzene rings is 9. The molecule has 2 unspecified atom stereocenters. The van der Waals surface area contributed by atoms with Crippen LogP contribution in [0.15, 0.2) is 231 Å². The second-order valence-electron chi connectivity index (χ2n) is 18.9. The highest BCUT2D eigenvalue weighted by atomic mass is 15.1. The highest BCUT2D eigenvalue weighted by Crippen LogP contribution is 2.54. The van der Waals surface area contributed by atoms with Crippen LogP contribution in [0.5, 0.6) is 0 Å². The maximum Gasteiger partial charge on any atom is 0.0540 e. The zero-order chi connectivity index (χ0) is 44.7. The predicted molar refractivity (Wildman–Crippen MR) is 279 cm³/mol. The molecule has 0 saturated heterocycles. The molecule has 2 heteroatoms. The van der Waals surface area contributed by atoms with Crippen molar-refractivity contribution in [3.05, 3.63) is 253 Å². The molecule has 9 aromatic carbocycles. The Labute approximate surface area is 391 Å². The molecule has 0 N–H and O–H groups in total. The van der Waals surface area contributed by atoms with Crippen molar-refractivity contribution in [2.45, 2.75) is 57.3 Å². The average molecular weight is 853 g/mol. The van der Waals surface area contributed by atoms with Crippen molar-refractivity contribution in [1.29, 1.82) is 0 Å². The van der Waals surface area contributed by atoms with Gasteiger partial charge in [0.2, 0.25) is 0 Å². The molecular weight excluding hydrogens is 797 g/mol. The van der Waals surface area contributed by atoms with Crippen LogP contribution in [0.25, 0.3) is 33.4 Å². The lowest BCUT2D eigenvalue weighted by molar-refractivity contribution is 0.244. The first kappa shape index (κ1) is 41.3. The van der Waals surface area contributed by atoms with E-state index in [0.29, 0.717) is 5.92 Å². The van der Waals surface area contributed by atoms with Gasteiger partial charge in [0.1, 0.15) is 0 Å². The normalized spacial score (nSPS) is 17.1. The van der Waals surface area contributed by atoms with Crippen LogP contribution in [0.4, 0.5) is 34.1 Å². The fourth-order valence-corrected chi connectivity index (χ4v) is 11.5. The summed E-state index contributed by atoms with van der Waals surface area (Å²) in [5, 5.41) is 0. The van der Waals surface area contributed by atoms with E-state index in [1.165, 1.54) is 80.6 Å². The van der Waals surface area contributed by atoms with E-state index in [1.54, 1.807) is 0 Å². The van der Waals surface area contributed by atoms with Crippen LogP contribution in [-0.2, 0) is 10.8 Å². The number of fused-ring (bicyclic) bond motifs is 3. The Morgan fingerprint density at radius 2 is 0.879 bits per heavy atom. The highest BCUT2D eigenvalue weighted by Gasteiger charge is 2.42. The van der Waals surface area contributed by atoms with E-state index < -0.39 is 0 Å². The average Bonchev–Trinajstić information content (AvgIpc) is 3.61. The summed E-state index contributed by atoms with van der Waals surface area (Å²) in [7, 11) is 0. The smallest absolute Gasteiger partial charge is 0.0540 e. The summed E-state index contributed by atoms with van der Waals surface area (Å²) < 4.78 is 0. The molecule has 2 aliphatic rings. The quantitative estimate of drug-likeness (QED) is 0.135. The van der Waals surface area contributed by atoms with Gasteiger partial charge in [-0.25, -0.2) is 0 Å². The molecule has 0 heterocycles. The lowest BCUT2D eigenvalue weighted by Crippen LogP contribution is -2.37. The van der Waals surface area contributed by atoms with E-state index in [9.17, 15) is 0 Å². The molecule has 0 radical (unpaired) electrons. The summed E-state index contributed by atoms with van der Waals surface area (Å²) >= 11 is 0. The first-order valence-corrected chi connectivity index (χ1v) is 23.8. The van der Waals surface area contributed by atoms with Gasteiger partial charge in [0.25, 0.3) is 0 Å². The number of para-hydroxylation sites is 3. The first-order valence-electron chi connectivity index (χ1n) is 23.8. The van der Waals surface area contributed by atoms with Crippen molar-refractivity contribution < 1.29 is 0 Å². The number of hydrogen-bond donors (Lipinski definition) is 0. The molecule has 11 rings (SSSR count). The van der Waals surface area contributed by atoms with Crippen molar-refractivity contribution in [2.24, 2.45) is 5.92 Å². The van der Waals surface area contributed by atoms with Gasteiger partial charge < -0.3 is 9.80 Å². The second-order valence-corrected chi connectivity index (χ2v) is 18.9. The summed E-state index contributed by atoms with van der Waals surface area (Å²) in [6, 6.07) is 85.2. The Balaban J connectivity index is 0.975. The van der Waals surface area contributed by atoms with E-state index in [-0.39, 0.29) is 10.8 Å². The fourth-order valence-electron chi connectivity index (χ4n) is 11.5. The van der Waals surface area contributed by atoms with Crippen molar-refractivity contribution >= 4 is 34.1 Å². The zero-order valence-electron chi connectivity index (χ0n) is 38.2. The molecule has 0 bridgehead atoms. The van der Waals surface area contributed by atoms with Gasteiger partial charge in [0, 0.05) is 44.8 Å². The Bertz CT molecular complexity index is 3100. The zero-order valence-corrected chi connectivity index (χ0v) is 38.2. The molecule has 1 saturated carbocycles. The number of nitrogens with zero attached hydrogens (tertiary/aromatic N) is 2. The number of anilines is 6. The van der Waals surface area contributed by atoms with Crippen molar-refractivity contribution in [2.75, 3.05) is 9.80 Å².